The maximum atomic E-state index is 13.0. The van der Waals surface area contributed by atoms with Crippen LogP contribution in [0.25, 0.3) is 10.8 Å². The summed E-state index contributed by atoms with van der Waals surface area (Å²) in [6.45, 7) is 8.61. The molecular formula is C29H37ClN4O4S. The minimum absolute atomic E-state index is 0.107. The third kappa shape index (κ3) is 6.65. The Morgan fingerprint density at radius 2 is 1.87 bits per heavy atom. The minimum Gasteiger partial charge on any atom is -0.462 e. The number of aromatic nitrogens is 2. The van der Waals surface area contributed by atoms with E-state index in [4.69, 9.17) is 25.5 Å². The molecule has 1 saturated heterocycles. The average Bonchev–Trinajstić information content (AvgIpc) is 3.30. The van der Waals surface area contributed by atoms with Gasteiger partial charge in [0.05, 0.1) is 29.6 Å². The third-order valence-electron chi connectivity index (χ3n) is 7.36. The lowest BCUT2D eigenvalue weighted by Gasteiger charge is -2.32. The fraction of sp³-hybridized carbons (Fsp3) is 0.517. The number of fused-ring (bicyclic) bond motifs is 2. The molecule has 2 aliphatic heterocycles. The molecule has 0 radical (unpaired) electrons. The Morgan fingerprint density at radius 3 is 2.59 bits per heavy atom. The first-order valence-electron chi connectivity index (χ1n) is 13.5. The molecule has 1 fully saturated rings. The number of ether oxygens (including phenoxy) is 1. The molecule has 3 aromatic rings. The molecule has 3 heterocycles. The van der Waals surface area contributed by atoms with Gasteiger partial charge in [0.25, 0.3) is 10.1 Å². The Hall–Kier alpha value is -2.46. The van der Waals surface area contributed by atoms with Gasteiger partial charge in [0.2, 0.25) is 0 Å². The molecule has 39 heavy (non-hydrogen) atoms. The van der Waals surface area contributed by atoms with E-state index in [0.717, 1.165) is 47.1 Å². The highest BCUT2D eigenvalue weighted by atomic mass is 35.5. The third-order valence-corrected chi connectivity index (χ3v) is 8.78. The predicted octanol–water partition coefficient (Wildman–Crippen LogP) is 5.21. The monoisotopic (exact) mass is 572 g/mol. The highest BCUT2D eigenvalue weighted by molar-refractivity contribution is 7.85. The number of likely N-dealkylation sites (tertiary alicyclic amines) is 1. The van der Waals surface area contributed by atoms with Crippen molar-refractivity contribution in [3.63, 3.8) is 0 Å². The fourth-order valence-electron chi connectivity index (χ4n) is 5.25. The molecule has 10 heteroatoms. The van der Waals surface area contributed by atoms with Crippen LogP contribution in [0.1, 0.15) is 50.6 Å². The molecule has 0 saturated carbocycles. The van der Waals surface area contributed by atoms with E-state index in [2.05, 4.69) is 40.0 Å². The molecule has 210 valence electrons. The van der Waals surface area contributed by atoms with Gasteiger partial charge in [-0.3, -0.25) is 4.18 Å². The molecule has 0 N–H and O–H groups in total. The van der Waals surface area contributed by atoms with Crippen LogP contribution in [-0.2, 0) is 33.0 Å². The van der Waals surface area contributed by atoms with E-state index in [1.807, 2.05) is 39.0 Å². The summed E-state index contributed by atoms with van der Waals surface area (Å²) in [5, 5.41) is 2.77. The van der Waals surface area contributed by atoms with Gasteiger partial charge in [-0.15, -0.1) is 0 Å². The van der Waals surface area contributed by atoms with Crippen molar-refractivity contribution in [1.29, 1.82) is 0 Å². The second-order valence-corrected chi connectivity index (χ2v) is 13.8. The molecule has 0 unspecified atom stereocenters. The van der Waals surface area contributed by atoms with E-state index in [9.17, 15) is 8.42 Å². The highest BCUT2D eigenvalue weighted by Crippen LogP contribution is 2.36. The quantitative estimate of drug-likeness (QED) is 0.340. The first-order chi connectivity index (χ1) is 18.5. The molecule has 8 nitrogen and oxygen atoms in total. The summed E-state index contributed by atoms with van der Waals surface area (Å²) >= 11 is 6.62. The van der Waals surface area contributed by atoms with Gasteiger partial charge < -0.3 is 14.5 Å². The zero-order valence-corrected chi connectivity index (χ0v) is 24.7. The first-order valence-corrected chi connectivity index (χ1v) is 15.5. The van der Waals surface area contributed by atoms with Crippen molar-refractivity contribution < 1.29 is 17.3 Å². The van der Waals surface area contributed by atoms with Gasteiger partial charge in [-0.2, -0.15) is 18.4 Å². The standard InChI is InChI=1S/C29H37ClN4O4S/c1-29(2,3)19-38-39(35,36)18-25-22-13-15-34(26-12-6-9-20-8-5-11-23(30)27(20)26)16-24(22)31-28(32-25)37-17-21-10-7-14-33(21)4/h5-6,8-9,11-12,21H,7,10,13-19H2,1-4H3/t21-/m0/s1. The molecular weight excluding hydrogens is 536 g/mol. The van der Waals surface area contributed by atoms with Crippen molar-refractivity contribution in [3.05, 3.63) is 58.4 Å². The summed E-state index contributed by atoms with van der Waals surface area (Å²) in [4.78, 5) is 13.9. The van der Waals surface area contributed by atoms with Crippen molar-refractivity contribution in [2.45, 2.75) is 58.4 Å². The Labute approximate surface area is 236 Å². The number of hydrogen-bond donors (Lipinski definition) is 0. The molecule has 0 spiro atoms. The number of anilines is 1. The van der Waals surface area contributed by atoms with E-state index < -0.39 is 10.1 Å². The lowest BCUT2D eigenvalue weighted by atomic mass is 9.99. The molecule has 2 aromatic carbocycles. The zero-order valence-electron chi connectivity index (χ0n) is 23.1. The van der Waals surface area contributed by atoms with Crippen LogP contribution in [0.5, 0.6) is 6.01 Å². The van der Waals surface area contributed by atoms with Crippen molar-refractivity contribution in [2.24, 2.45) is 5.41 Å². The number of halogens is 1. The molecule has 0 bridgehead atoms. The largest absolute Gasteiger partial charge is 0.462 e. The van der Waals surface area contributed by atoms with Crippen molar-refractivity contribution >= 4 is 38.2 Å². The van der Waals surface area contributed by atoms with E-state index in [1.54, 1.807) is 0 Å². The van der Waals surface area contributed by atoms with Crippen LogP contribution >= 0.6 is 11.6 Å². The molecule has 5 rings (SSSR count). The van der Waals surface area contributed by atoms with Crippen LogP contribution < -0.4 is 9.64 Å². The van der Waals surface area contributed by atoms with Gasteiger partial charge in [-0.1, -0.05) is 56.6 Å². The SMILES string of the molecule is CN1CCC[C@H]1COc1nc2c(c(CS(=O)(=O)OCC(C)(C)C)n1)CCN(c1cccc3cccc(Cl)c13)C2. The normalized spacial score (nSPS) is 18.5. The van der Waals surface area contributed by atoms with Gasteiger partial charge >= 0.3 is 6.01 Å². The van der Waals surface area contributed by atoms with E-state index in [-0.39, 0.29) is 23.8 Å². The number of nitrogens with zero attached hydrogens (tertiary/aromatic N) is 4. The zero-order chi connectivity index (χ0) is 27.8. The Kier molecular flexibility index (Phi) is 8.06. The maximum absolute atomic E-state index is 13.0. The lowest BCUT2D eigenvalue weighted by Crippen LogP contribution is -2.34. The summed E-state index contributed by atoms with van der Waals surface area (Å²) in [7, 11) is -1.75. The maximum Gasteiger partial charge on any atom is 0.316 e. The van der Waals surface area contributed by atoms with Gasteiger partial charge in [-0.25, -0.2) is 0 Å². The predicted molar refractivity (Wildman–Crippen MR) is 155 cm³/mol. The summed E-state index contributed by atoms with van der Waals surface area (Å²) in [5.74, 6) is -0.312. The Morgan fingerprint density at radius 1 is 1.10 bits per heavy atom. The lowest BCUT2D eigenvalue weighted by molar-refractivity contribution is 0.186. The smallest absolute Gasteiger partial charge is 0.316 e. The van der Waals surface area contributed by atoms with Crippen LogP contribution in [0.2, 0.25) is 5.02 Å². The van der Waals surface area contributed by atoms with Crippen LogP contribution in [0.4, 0.5) is 5.69 Å². The second-order valence-electron chi connectivity index (χ2n) is 11.8. The molecule has 1 aromatic heterocycles. The average molecular weight is 573 g/mol. The van der Waals surface area contributed by atoms with Crippen molar-refractivity contribution in [1.82, 2.24) is 14.9 Å². The highest BCUT2D eigenvalue weighted by Gasteiger charge is 2.29. The van der Waals surface area contributed by atoms with Gasteiger partial charge in [0, 0.05) is 29.2 Å². The number of likely N-dealkylation sites (N-methyl/N-ethyl adjacent to an activating group) is 1. The van der Waals surface area contributed by atoms with Crippen LogP contribution in [0, 0.1) is 5.41 Å². The summed E-state index contributed by atoms with van der Waals surface area (Å²) in [6, 6.07) is 12.6. The van der Waals surface area contributed by atoms with Gasteiger partial charge in [0.1, 0.15) is 12.4 Å². The van der Waals surface area contributed by atoms with Crippen LogP contribution in [0.3, 0.4) is 0 Å². The number of hydrogen-bond acceptors (Lipinski definition) is 8. The summed E-state index contributed by atoms with van der Waals surface area (Å²) < 4.78 is 37.4. The molecule has 2 aliphatic rings. The first kappa shape index (κ1) is 28.1. The Bertz CT molecular complexity index is 1450. The van der Waals surface area contributed by atoms with Crippen LogP contribution in [-0.4, -0.2) is 62.7 Å². The summed E-state index contributed by atoms with van der Waals surface area (Å²) in [6.07, 6.45) is 2.79. The topological polar surface area (TPSA) is 84.9 Å². The fourth-order valence-corrected chi connectivity index (χ4v) is 6.72. The van der Waals surface area contributed by atoms with E-state index in [1.165, 1.54) is 0 Å². The van der Waals surface area contributed by atoms with E-state index >= 15 is 0 Å². The Balaban J connectivity index is 1.46. The minimum atomic E-state index is -3.84. The molecule has 1 atom stereocenters. The van der Waals surface area contributed by atoms with Crippen molar-refractivity contribution in [2.75, 3.05) is 38.3 Å². The number of benzene rings is 2. The van der Waals surface area contributed by atoms with Gasteiger partial charge in [0.15, 0.2) is 0 Å². The van der Waals surface area contributed by atoms with Gasteiger partial charge in [-0.05, 0) is 55.8 Å². The number of rotatable bonds is 8. The van der Waals surface area contributed by atoms with Crippen LogP contribution in [0.15, 0.2) is 36.4 Å². The molecule has 0 aliphatic carbocycles. The van der Waals surface area contributed by atoms with E-state index in [0.29, 0.717) is 42.9 Å². The van der Waals surface area contributed by atoms with Crippen molar-refractivity contribution in [3.8, 4) is 6.01 Å². The second kappa shape index (κ2) is 11.2. The molecule has 0 amide bonds. The summed E-state index contributed by atoms with van der Waals surface area (Å²) in [5.41, 5.74) is 2.83.